The largest absolute Gasteiger partial charge is 0.357 e. The van der Waals surface area contributed by atoms with Crippen molar-refractivity contribution in [1.29, 1.82) is 0 Å². The van der Waals surface area contributed by atoms with Gasteiger partial charge in [-0.3, -0.25) is 4.68 Å². The van der Waals surface area contributed by atoms with Crippen molar-refractivity contribution in [2.24, 2.45) is 18.9 Å². The maximum Gasteiger partial charge on any atom is 0.130 e. The molecule has 1 atom stereocenters. The van der Waals surface area contributed by atoms with Gasteiger partial charge in [0.1, 0.15) is 5.82 Å². The highest BCUT2D eigenvalue weighted by Crippen LogP contribution is 2.30. The lowest BCUT2D eigenvalue weighted by Crippen LogP contribution is -2.27. The average molecular weight is 328 g/mol. The number of alkyl halides is 1. The molecule has 1 aliphatic heterocycles. The summed E-state index contributed by atoms with van der Waals surface area (Å²) in [7, 11) is 2.07. The summed E-state index contributed by atoms with van der Waals surface area (Å²) in [5, 5.41) is 5.48. The summed E-state index contributed by atoms with van der Waals surface area (Å²) < 4.78 is 2.06. The summed E-state index contributed by atoms with van der Waals surface area (Å²) in [5.41, 5.74) is 2.50. The molecule has 0 amide bonds. The van der Waals surface area contributed by atoms with Crippen molar-refractivity contribution < 1.29 is 0 Å². The van der Waals surface area contributed by atoms with Gasteiger partial charge >= 0.3 is 0 Å². The van der Waals surface area contributed by atoms with E-state index >= 15 is 0 Å². The van der Waals surface area contributed by atoms with E-state index in [0.717, 1.165) is 22.9 Å². The molecule has 1 aromatic rings. The fourth-order valence-corrected chi connectivity index (χ4v) is 3.90. The lowest BCUT2D eigenvalue weighted by atomic mass is 9.89. The highest BCUT2D eigenvalue weighted by molar-refractivity contribution is 9.08. The van der Waals surface area contributed by atoms with Crippen LogP contribution in [0.2, 0.25) is 0 Å². The molecular formula is C15H26BrN3. The van der Waals surface area contributed by atoms with E-state index < -0.39 is 0 Å². The zero-order chi connectivity index (χ0) is 14.0. The smallest absolute Gasteiger partial charge is 0.130 e. The second kappa shape index (κ2) is 6.29. The Balaban J connectivity index is 2.18. The minimum atomic E-state index is 0.809. The first kappa shape index (κ1) is 14.9. The van der Waals surface area contributed by atoms with Crippen molar-refractivity contribution in [1.82, 2.24) is 9.78 Å². The Hall–Kier alpha value is -0.510. The number of nitrogens with zero attached hydrogens (tertiary/aromatic N) is 3. The number of aromatic nitrogens is 2. The van der Waals surface area contributed by atoms with E-state index in [4.69, 9.17) is 0 Å². The van der Waals surface area contributed by atoms with Gasteiger partial charge < -0.3 is 4.90 Å². The van der Waals surface area contributed by atoms with Gasteiger partial charge in [0.15, 0.2) is 0 Å². The second-order valence-corrected chi connectivity index (χ2v) is 6.63. The van der Waals surface area contributed by atoms with Crippen LogP contribution in [-0.2, 0) is 12.4 Å². The van der Waals surface area contributed by atoms with Crippen molar-refractivity contribution in [2.45, 2.75) is 45.4 Å². The van der Waals surface area contributed by atoms with Crippen LogP contribution in [0.4, 0.5) is 5.82 Å². The fourth-order valence-electron chi connectivity index (χ4n) is 3.24. The molecule has 1 unspecified atom stereocenters. The maximum absolute atomic E-state index is 4.59. The lowest BCUT2D eigenvalue weighted by Gasteiger charge is -2.24. The second-order valence-electron chi connectivity index (χ2n) is 6.07. The predicted molar refractivity (Wildman–Crippen MR) is 85.0 cm³/mol. The molecular weight excluding hydrogens is 302 g/mol. The van der Waals surface area contributed by atoms with E-state index in [9.17, 15) is 0 Å². The van der Waals surface area contributed by atoms with E-state index in [-0.39, 0.29) is 0 Å². The Labute approximate surface area is 125 Å². The standard InChI is InChI=1S/C15H26BrN3/c1-11(2)13-6-5-8-19(9-7-13)15-14(10-16)12(3)17-18(15)4/h11,13H,5-10H2,1-4H3. The summed E-state index contributed by atoms with van der Waals surface area (Å²) in [6, 6.07) is 0. The van der Waals surface area contributed by atoms with E-state index in [1.807, 2.05) is 0 Å². The van der Waals surface area contributed by atoms with Gasteiger partial charge in [-0.25, -0.2) is 0 Å². The molecule has 19 heavy (non-hydrogen) atoms. The third-order valence-electron chi connectivity index (χ3n) is 4.46. The zero-order valence-corrected chi connectivity index (χ0v) is 14.2. The van der Waals surface area contributed by atoms with Crippen LogP contribution in [0.1, 0.15) is 44.4 Å². The van der Waals surface area contributed by atoms with Crippen LogP contribution < -0.4 is 4.90 Å². The van der Waals surface area contributed by atoms with Crippen LogP contribution in [-0.4, -0.2) is 22.9 Å². The molecule has 1 saturated heterocycles. The minimum absolute atomic E-state index is 0.809. The summed E-state index contributed by atoms with van der Waals surface area (Å²) in [4.78, 5) is 2.54. The predicted octanol–water partition coefficient (Wildman–Crippen LogP) is 3.89. The summed E-state index contributed by atoms with van der Waals surface area (Å²) in [6.07, 6.45) is 3.98. The van der Waals surface area contributed by atoms with Gasteiger partial charge in [-0.05, 0) is 38.0 Å². The monoisotopic (exact) mass is 327 g/mol. The van der Waals surface area contributed by atoms with E-state index in [1.165, 1.54) is 43.7 Å². The van der Waals surface area contributed by atoms with Crippen LogP contribution in [0.25, 0.3) is 0 Å². The summed E-state index contributed by atoms with van der Waals surface area (Å²) in [6.45, 7) is 9.16. The number of hydrogen-bond donors (Lipinski definition) is 0. The number of aryl methyl sites for hydroxylation is 2. The Bertz CT molecular complexity index is 425. The maximum atomic E-state index is 4.59. The third kappa shape index (κ3) is 3.15. The molecule has 1 aromatic heterocycles. The van der Waals surface area contributed by atoms with Crippen molar-refractivity contribution in [3.8, 4) is 0 Å². The molecule has 1 fully saturated rings. The highest BCUT2D eigenvalue weighted by atomic mass is 79.9. The molecule has 0 spiro atoms. The van der Waals surface area contributed by atoms with E-state index in [2.05, 4.69) is 58.4 Å². The SMILES string of the molecule is Cc1nn(C)c(N2CCCC(C(C)C)CC2)c1CBr. The Morgan fingerprint density at radius 3 is 2.68 bits per heavy atom. The topological polar surface area (TPSA) is 21.1 Å². The van der Waals surface area contributed by atoms with Crippen LogP contribution in [0.3, 0.4) is 0 Å². The molecule has 0 radical (unpaired) electrons. The van der Waals surface area contributed by atoms with E-state index in [0.29, 0.717) is 0 Å². The van der Waals surface area contributed by atoms with Gasteiger partial charge in [0, 0.05) is 31.0 Å². The van der Waals surface area contributed by atoms with Crippen molar-refractivity contribution >= 4 is 21.7 Å². The van der Waals surface area contributed by atoms with Crippen LogP contribution in [0.5, 0.6) is 0 Å². The van der Waals surface area contributed by atoms with Crippen molar-refractivity contribution in [3.05, 3.63) is 11.3 Å². The molecule has 0 aliphatic carbocycles. The normalized spacial score (nSPS) is 20.9. The van der Waals surface area contributed by atoms with Crippen molar-refractivity contribution in [3.63, 3.8) is 0 Å². The Kier molecular flexibility index (Phi) is 4.93. The quantitative estimate of drug-likeness (QED) is 0.785. The van der Waals surface area contributed by atoms with Gasteiger partial charge in [-0.1, -0.05) is 29.8 Å². The molecule has 3 nitrogen and oxygen atoms in total. The van der Waals surface area contributed by atoms with Gasteiger partial charge in [0.05, 0.1) is 5.69 Å². The molecule has 108 valence electrons. The summed E-state index contributed by atoms with van der Waals surface area (Å²) >= 11 is 3.61. The van der Waals surface area contributed by atoms with Crippen LogP contribution in [0, 0.1) is 18.8 Å². The molecule has 1 aliphatic rings. The van der Waals surface area contributed by atoms with Crippen LogP contribution >= 0.6 is 15.9 Å². The van der Waals surface area contributed by atoms with Crippen LogP contribution in [0.15, 0.2) is 0 Å². The molecule has 0 bridgehead atoms. The zero-order valence-electron chi connectivity index (χ0n) is 12.6. The molecule has 0 aromatic carbocycles. The fraction of sp³-hybridized carbons (Fsp3) is 0.800. The Morgan fingerprint density at radius 2 is 2.05 bits per heavy atom. The molecule has 2 heterocycles. The lowest BCUT2D eigenvalue weighted by molar-refractivity contribution is 0.351. The van der Waals surface area contributed by atoms with E-state index in [1.54, 1.807) is 0 Å². The first-order valence-corrected chi connectivity index (χ1v) is 8.50. The molecule has 4 heteroatoms. The van der Waals surface area contributed by atoms with Gasteiger partial charge in [0.25, 0.3) is 0 Å². The highest BCUT2D eigenvalue weighted by Gasteiger charge is 2.23. The van der Waals surface area contributed by atoms with Gasteiger partial charge in [-0.2, -0.15) is 5.10 Å². The Morgan fingerprint density at radius 1 is 1.32 bits per heavy atom. The molecule has 0 saturated carbocycles. The number of rotatable bonds is 3. The molecule has 2 rings (SSSR count). The number of hydrogen-bond acceptors (Lipinski definition) is 2. The first-order chi connectivity index (χ1) is 9.04. The van der Waals surface area contributed by atoms with Gasteiger partial charge in [0.2, 0.25) is 0 Å². The third-order valence-corrected chi connectivity index (χ3v) is 5.02. The van der Waals surface area contributed by atoms with Crippen molar-refractivity contribution in [2.75, 3.05) is 18.0 Å². The first-order valence-electron chi connectivity index (χ1n) is 7.38. The minimum Gasteiger partial charge on any atom is -0.357 e. The average Bonchev–Trinajstić information content (AvgIpc) is 2.56. The number of halogens is 1. The number of anilines is 1. The molecule has 0 N–H and O–H groups in total. The van der Waals surface area contributed by atoms with Gasteiger partial charge in [-0.15, -0.1) is 0 Å². The summed E-state index contributed by atoms with van der Waals surface area (Å²) in [5.74, 6) is 3.01.